The molecule has 0 radical (unpaired) electrons. The maximum Gasteiger partial charge on any atom is 0.247 e. The normalized spacial score (nSPS) is 14.8. The first kappa shape index (κ1) is 23.9. The standard InChI is InChI=1S/C27H27N7OS/c1-18-13-22(15-28)14-19(2)24(18)35-26-25-23(7-12-36-25)31-27(32-26)33-30-16-20-5-10-34(11-6-20)17-21-3-8-29-9-4-21/h3-4,7-9,12-14,16,20H,5-6,10-11,17H2,1-2H3,(H,31,32,33)/b30-16+. The van der Waals surface area contributed by atoms with Crippen LogP contribution < -0.4 is 10.2 Å². The fourth-order valence-electron chi connectivity index (χ4n) is 4.44. The molecular formula is C27H27N7OS. The molecule has 1 aromatic carbocycles. The highest BCUT2D eigenvalue weighted by Gasteiger charge is 2.18. The van der Waals surface area contributed by atoms with Gasteiger partial charge in [0.25, 0.3) is 0 Å². The molecule has 0 bridgehead atoms. The summed E-state index contributed by atoms with van der Waals surface area (Å²) >= 11 is 1.53. The number of fused-ring (bicyclic) bond motifs is 1. The summed E-state index contributed by atoms with van der Waals surface area (Å²) in [5.74, 6) is 1.99. The average molecular weight is 498 g/mol. The summed E-state index contributed by atoms with van der Waals surface area (Å²) < 4.78 is 7.13. The van der Waals surface area contributed by atoms with Gasteiger partial charge in [0.1, 0.15) is 10.4 Å². The van der Waals surface area contributed by atoms with Crippen molar-refractivity contribution in [2.24, 2.45) is 11.0 Å². The highest BCUT2D eigenvalue weighted by Crippen LogP contribution is 2.35. The smallest absolute Gasteiger partial charge is 0.247 e. The van der Waals surface area contributed by atoms with Gasteiger partial charge in [-0.05, 0) is 98.1 Å². The van der Waals surface area contributed by atoms with Crippen molar-refractivity contribution in [1.29, 1.82) is 5.26 Å². The molecule has 4 aromatic rings. The second kappa shape index (κ2) is 10.8. The SMILES string of the molecule is Cc1cc(C#N)cc(C)c1Oc1nc(N/N=C/C2CCN(Cc3ccncc3)CC2)nc2ccsc12. The molecule has 182 valence electrons. The van der Waals surface area contributed by atoms with Gasteiger partial charge in [0, 0.05) is 25.2 Å². The summed E-state index contributed by atoms with van der Waals surface area (Å²) in [5, 5.41) is 15.7. The molecule has 4 heterocycles. The Morgan fingerprint density at radius 1 is 1.17 bits per heavy atom. The first-order chi connectivity index (χ1) is 17.6. The second-order valence-corrected chi connectivity index (χ2v) is 9.92. The fourth-order valence-corrected chi connectivity index (χ4v) is 5.19. The summed E-state index contributed by atoms with van der Waals surface area (Å²) in [7, 11) is 0. The van der Waals surface area contributed by atoms with Gasteiger partial charge in [-0.3, -0.25) is 9.88 Å². The van der Waals surface area contributed by atoms with Gasteiger partial charge in [-0.1, -0.05) is 0 Å². The van der Waals surface area contributed by atoms with E-state index in [0.717, 1.165) is 53.8 Å². The number of aromatic nitrogens is 3. The number of benzene rings is 1. The highest BCUT2D eigenvalue weighted by molar-refractivity contribution is 7.17. The maximum atomic E-state index is 9.23. The van der Waals surface area contributed by atoms with Crippen LogP contribution in [0, 0.1) is 31.1 Å². The van der Waals surface area contributed by atoms with Crippen LogP contribution in [-0.2, 0) is 6.54 Å². The monoisotopic (exact) mass is 497 g/mol. The number of piperidine rings is 1. The van der Waals surface area contributed by atoms with Crippen LogP contribution in [0.25, 0.3) is 10.2 Å². The summed E-state index contributed by atoms with van der Waals surface area (Å²) in [5.41, 5.74) is 7.49. The lowest BCUT2D eigenvalue weighted by Gasteiger charge is -2.30. The van der Waals surface area contributed by atoms with Gasteiger partial charge in [0.05, 0.1) is 17.1 Å². The van der Waals surface area contributed by atoms with Crippen molar-refractivity contribution >= 4 is 33.7 Å². The molecule has 1 N–H and O–H groups in total. The number of nitrogens with zero attached hydrogens (tertiary/aromatic N) is 6. The van der Waals surface area contributed by atoms with Crippen LogP contribution >= 0.6 is 11.3 Å². The van der Waals surface area contributed by atoms with Crippen molar-refractivity contribution in [3.8, 4) is 17.7 Å². The molecule has 3 aromatic heterocycles. The lowest BCUT2D eigenvalue weighted by atomic mass is 9.98. The Hall–Kier alpha value is -3.87. The molecule has 8 nitrogen and oxygen atoms in total. The van der Waals surface area contributed by atoms with Gasteiger partial charge in [-0.15, -0.1) is 11.3 Å². The Morgan fingerprint density at radius 2 is 1.92 bits per heavy atom. The predicted octanol–water partition coefficient (Wildman–Crippen LogP) is 5.68. The molecule has 1 saturated heterocycles. The first-order valence-corrected chi connectivity index (χ1v) is 12.8. The number of hydrogen-bond donors (Lipinski definition) is 1. The lowest BCUT2D eigenvalue weighted by Crippen LogP contribution is -2.33. The fraction of sp³-hybridized carbons (Fsp3) is 0.296. The van der Waals surface area contributed by atoms with Crippen LogP contribution in [-0.4, -0.2) is 39.2 Å². The van der Waals surface area contributed by atoms with E-state index in [2.05, 4.69) is 48.6 Å². The molecule has 9 heteroatoms. The predicted molar refractivity (Wildman–Crippen MR) is 142 cm³/mol. The van der Waals surface area contributed by atoms with Crippen molar-refractivity contribution in [3.63, 3.8) is 0 Å². The van der Waals surface area contributed by atoms with E-state index in [1.807, 2.05) is 56.0 Å². The van der Waals surface area contributed by atoms with E-state index in [0.29, 0.717) is 29.1 Å². The van der Waals surface area contributed by atoms with Crippen LogP contribution in [0.3, 0.4) is 0 Å². The number of nitriles is 1. The molecule has 36 heavy (non-hydrogen) atoms. The van der Waals surface area contributed by atoms with Gasteiger partial charge < -0.3 is 4.74 Å². The maximum absolute atomic E-state index is 9.23. The topological polar surface area (TPSA) is 99.3 Å². The van der Waals surface area contributed by atoms with Crippen LogP contribution in [0.4, 0.5) is 5.95 Å². The first-order valence-electron chi connectivity index (χ1n) is 11.9. The number of rotatable bonds is 7. The van der Waals surface area contributed by atoms with Crippen molar-refractivity contribution < 1.29 is 4.74 Å². The highest BCUT2D eigenvalue weighted by atomic mass is 32.1. The summed E-state index contributed by atoms with van der Waals surface area (Å²) in [6.07, 6.45) is 7.79. The molecule has 1 fully saturated rings. The second-order valence-electron chi connectivity index (χ2n) is 9.00. The number of likely N-dealkylation sites (tertiary alicyclic amines) is 1. The Labute approximate surface area is 214 Å². The van der Waals surface area contributed by atoms with Crippen LogP contribution in [0.15, 0.2) is 53.2 Å². The minimum atomic E-state index is 0.395. The number of anilines is 1. The zero-order valence-corrected chi connectivity index (χ0v) is 21.1. The Kier molecular flexibility index (Phi) is 7.16. The Balaban J connectivity index is 1.24. The van der Waals surface area contributed by atoms with Gasteiger partial charge in [-0.25, -0.2) is 10.4 Å². The van der Waals surface area contributed by atoms with E-state index in [9.17, 15) is 5.26 Å². The van der Waals surface area contributed by atoms with Gasteiger partial charge in [0.15, 0.2) is 0 Å². The van der Waals surface area contributed by atoms with E-state index >= 15 is 0 Å². The Bertz CT molecular complexity index is 1400. The number of hydrogen-bond acceptors (Lipinski definition) is 9. The molecular weight excluding hydrogens is 470 g/mol. The molecule has 0 atom stereocenters. The number of nitrogens with one attached hydrogen (secondary N) is 1. The summed E-state index contributed by atoms with van der Waals surface area (Å²) in [6.45, 7) is 6.90. The van der Waals surface area contributed by atoms with E-state index in [1.54, 1.807) is 0 Å². The average Bonchev–Trinajstić information content (AvgIpc) is 3.37. The molecule has 0 unspecified atom stereocenters. The third kappa shape index (κ3) is 5.51. The molecule has 1 aliphatic rings. The number of hydrazone groups is 1. The van der Waals surface area contributed by atoms with E-state index < -0.39 is 0 Å². The van der Waals surface area contributed by atoms with Crippen LogP contribution in [0.2, 0.25) is 0 Å². The number of thiophene rings is 1. The van der Waals surface area contributed by atoms with E-state index in [4.69, 9.17) is 4.74 Å². The quantitative estimate of drug-likeness (QED) is 0.259. The van der Waals surface area contributed by atoms with E-state index in [-0.39, 0.29) is 0 Å². The lowest BCUT2D eigenvalue weighted by molar-refractivity contribution is 0.203. The van der Waals surface area contributed by atoms with Crippen LogP contribution in [0.1, 0.15) is 35.1 Å². The molecule has 0 saturated carbocycles. The molecule has 1 aliphatic heterocycles. The van der Waals surface area contributed by atoms with Gasteiger partial charge in [-0.2, -0.15) is 15.3 Å². The number of aryl methyl sites for hydroxylation is 2. The summed E-state index contributed by atoms with van der Waals surface area (Å²) in [6, 6.07) is 11.9. The largest absolute Gasteiger partial charge is 0.437 e. The minimum absolute atomic E-state index is 0.395. The van der Waals surface area contributed by atoms with Crippen LogP contribution in [0.5, 0.6) is 11.6 Å². The molecule has 0 amide bonds. The Morgan fingerprint density at radius 3 is 2.64 bits per heavy atom. The van der Waals surface area contributed by atoms with Gasteiger partial charge in [0.2, 0.25) is 11.8 Å². The summed E-state index contributed by atoms with van der Waals surface area (Å²) in [4.78, 5) is 15.8. The van der Waals surface area contributed by atoms with Crippen molar-refractivity contribution in [2.45, 2.75) is 33.2 Å². The van der Waals surface area contributed by atoms with E-state index in [1.165, 1.54) is 16.9 Å². The molecule has 0 aliphatic carbocycles. The van der Waals surface area contributed by atoms with Crippen molar-refractivity contribution in [3.05, 3.63) is 70.4 Å². The van der Waals surface area contributed by atoms with Gasteiger partial charge >= 0.3 is 0 Å². The van der Waals surface area contributed by atoms with Crippen molar-refractivity contribution in [2.75, 3.05) is 18.5 Å². The third-order valence-corrected chi connectivity index (χ3v) is 7.19. The molecule has 0 spiro atoms. The zero-order chi connectivity index (χ0) is 24.9. The minimum Gasteiger partial charge on any atom is -0.437 e. The number of ether oxygens (including phenoxy) is 1. The molecule has 5 rings (SSSR count). The third-order valence-electron chi connectivity index (χ3n) is 6.30. The number of pyridine rings is 1. The van der Waals surface area contributed by atoms with Crippen molar-refractivity contribution in [1.82, 2.24) is 19.9 Å². The zero-order valence-electron chi connectivity index (χ0n) is 20.3.